The number of rotatable bonds is 10. The van der Waals surface area contributed by atoms with E-state index in [2.05, 4.69) is 10.3 Å². The minimum atomic E-state index is -0.533. The van der Waals surface area contributed by atoms with E-state index in [1.807, 2.05) is 13.0 Å². The van der Waals surface area contributed by atoms with Gasteiger partial charge in [-0.1, -0.05) is 31.2 Å². The number of ketones is 1. The average Bonchev–Trinajstić information content (AvgIpc) is 2.96. The molecule has 0 bridgehead atoms. The number of anilines is 1. The maximum Gasteiger partial charge on any atom is 0.338 e. The van der Waals surface area contributed by atoms with Crippen molar-refractivity contribution in [1.29, 1.82) is 0 Å². The van der Waals surface area contributed by atoms with Gasteiger partial charge in [-0.25, -0.2) is 9.18 Å². The first-order valence-electron chi connectivity index (χ1n) is 12.9. The zero-order chi connectivity index (χ0) is 28.6. The Balaban J connectivity index is 1.55. The third-order valence-corrected chi connectivity index (χ3v) is 6.44. The van der Waals surface area contributed by atoms with Crippen molar-refractivity contribution in [2.45, 2.75) is 33.2 Å². The first kappa shape index (κ1) is 28.3. The van der Waals surface area contributed by atoms with Gasteiger partial charge in [-0.05, 0) is 83.6 Å². The van der Waals surface area contributed by atoms with Crippen LogP contribution in [0.3, 0.4) is 0 Å². The molecule has 7 nitrogen and oxygen atoms in total. The molecule has 1 heterocycles. The van der Waals surface area contributed by atoms with Gasteiger partial charge in [0.1, 0.15) is 5.82 Å². The Morgan fingerprint density at radius 2 is 1.80 bits per heavy atom. The number of halogens is 1. The van der Waals surface area contributed by atoms with Crippen LogP contribution in [0, 0.1) is 12.7 Å². The summed E-state index contributed by atoms with van der Waals surface area (Å²) in [6.45, 7) is 4.28. The fraction of sp³-hybridized carbons (Fsp3) is 0.188. The second-order valence-electron chi connectivity index (χ2n) is 9.34. The van der Waals surface area contributed by atoms with Crippen LogP contribution in [0.15, 0.2) is 79.1 Å². The summed E-state index contributed by atoms with van der Waals surface area (Å²) in [5, 5.41) is 2.87. The number of benzene rings is 3. The number of nitrogens with zero attached hydrogens (tertiary/aromatic N) is 1. The van der Waals surface area contributed by atoms with E-state index >= 15 is 0 Å². The largest absolute Gasteiger partial charge is 0.462 e. The number of ether oxygens (including phenoxy) is 1. The van der Waals surface area contributed by atoms with E-state index in [1.165, 1.54) is 12.3 Å². The smallest absolute Gasteiger partial charge is 0.338 e. The molecule has 0 unspecified atom stereocenters. The summed E-state index contributed by atoms with van der Waals surface area (Å²) in [4.78, 5) is 42.0. The molecule has 0 radical (unpaired) electrons. The van der Waals surface area contributed by atoms with Crippen LogP contribution in [0.5, 0.6) is 0 Å². The van der Waals surface area contributed by atoms with Gasteiger partial charge in [0.25, 0.3) is 5.91 Å². The van der Waals surface area contributed by atoms with Crippen LogP contribution in [0.4, 0.5) is 10.1 Å². The maximum absolute atomic E-state index is 14.0. The molecule has 0 fully saturated rings. The van der Waals surface area contributed by atoms with Crippen molar-refractivity contribution in [1.82, 2.24) is 4.98 Å². The normalized spacial score (nSPS) is 10.7. The summed E-state index contributed by atoms with van der Waals surface area (Å²) in [6.07, 6.45) is 3.16. The number of esters is 1. The van der Waals surface area contributed by atoms with Crippen molar-refractivity contribution in [2.24, 2.45) is 5.73 Å². The maximum atomic E-state index is 14.0. The molecule has 1 amide bonds. The molecular weight excluding hydrogens is 509 g/mol. The summed E-state index contributed by atoms with van der Waals surface area (Å²) in [5.41, 5.74) is 11.0. The molecule has 40 heavy (non-hydrogen) atoms. The number of hydrogen-bond acceptors (Lipinski definition) is 6. The number of aromatic nitrogens is 1. The predicted molar refractivity (Wildman–Crippen MR) is 152 cm³/mol. The van der Waals surface area contributed by atoms with Crippen molar-refractivity contribution in [3.05, 3.63) is 118 Å². The van der Waals surface area contributed by atoms with Gasteiger partial charge in [-0.15, -0.1) is 0 Å². The van der Waals surface area contributed by atoms with E-state index in [0.717, 1.165) is 18.2 Å². The highest BCUT2D eigenvalue weighted by Gasteiger charge is 2.16. The number of pyridine rings is 1. The van der Waals surface area contributed by atoms with Gasteiger partial charge in [0.05, 0.1) is 18.4 Å². The predicted octanol–water partition coefficient (Wildman–Crippen LogP) is 5.90. The lowest BCUT2D eigenvalue weighted by Gasteiger charge is -2.13. The van der Waals surface area contributed by atoms with Crippen LogP contribution < -0.4 is 11.1 Å². The highest BCUT2D eigenvalue weighted by atomic mass is 19.1. The highest BCUT2D eigenvalue weighted by Crippen LogP contribution is 2.27. The van der Waals surface area contributed by atoms with Crippen LogP contribution in [-0.4, -0.2) is 29.3 Å². The summed E-state index contributed by atoms with van der Waals surface area (Å²) >= 11 is 0. The van der Waals surface area contributed by atoms with E-state index in [-0.39, 0.29) is 30.2 Å². The molecule has 3 N–H and O–H groups in total. The molecule has 204 valence electrons. The van der Waals surface area contributed by atoms with Crippen molar-refractivity contribution in [3.63, 3.8) is 0 Å². The fourth-order valence-corrected chi connectivity index (χ4v) is 4.29. The van der Waals surface area contributed by atoms with Crippen LogP contribution >= 0.6 is 0 Å². The fourth-order valence-electron chi connectivity index (χ4n) is 4.29. The molecule has 0 aliphatic carbocycles. The summed E-state index contributed by atoms with van der Waals surface area (Å²) in [6, 6.07) is 18.7. The highest BCUT2D eigenvalue weighted by molar-refractivity contribution is 6.05. The second-order valence-corrected chi connectivity index (χ2v) is 9.34. The monoisotopic (exact) mass is 539 g/mol. The van der Waals surface area contributed by atoms with Crippen LogP contribution in [0.25, 0.3) is 11.1 Å². The van der Waals surface area contributed by atoms with Gasteiger partial charge in [-0.2, -0.15) is 0 Å². The minimum absolute atomic E-state index is 0.104. The molecule has 1 aromatic heterocycles. The van der Waals surface area contributed by atoms with Crippen LogP contribution in [-0.2, 0) is 17.7 Å². The number of hydrogen-bond donors (Lipinski definition) is 2. The SMILES string of the molecule is CCCOC(=O)c1ccc(NC(=O)c2cccc(-c3cc(C(=O)Cc4ccncc4F)ccc3CN)c2)cc1C. The number of nitrogens with one attached hydrogen (secondary N) is 1. The molecule has 0 saturated carbocycles. The van der Waals surface area contributed by atoms with Gasteiger partial charge < -0.3 is 15.8 Å². The number of carbonyl (C=O) groups excluding carboxylic acids is 3. The third kappa shape index (κ3) is 6.65. The Kier molecular flexibility index (Phi) is 9.14. The van der Waals surface area contributed by atoms with Gasteiger partial charge in [0.2, 0.25) is 0 Å². The first-order chi connectivity index (χ1) is 19.3. The molecule has 0 spiro atoms. The van der Waals surface area contributed by atoms with E-state index in [0.29, 0.717) is 45.7 Å². The number of aryl methyl sites for hydroxylation is 1. The Morgan fingerprint density at radius 3 is 2.52 bits per heavy atom. The zero-order valence-electron chi connectivity index (χ0n) is 22.4. The summed E-state index contributed by atoms with van der Waals surface area (Å²) in [5.74, 6) is -1.51. The summed E-state index contributed by atoms with van der Waals surface area (Å²) in [7, 11) is 0. The van der Waals surface area contributed by atoms with Gasteiger partial charge >= 0.3 is 5.97 Å². The Bertz CT molecular complexity index is 1570. The van der Waals surface area contributed by atoms with Gasteiger partial charge in [0.15, 0.2) is 5.78 Å². The lowest BCUT2D eigenvalue weighted by molar-refractivity contribution is 0.0504. The molecule has 0 aliphatic rings. The lowest BCUT2D eigenvalue weighted by atomic mass is 9.93. The lowest BCUT2D eigenvalue weighted by Crippen LogP contribution is -2.13. The number of amides is 1. The Morgan fingerprint density at radius 1 is 0.975 bits per heavy atom. The molecule has 0 atom stereocenters. The van der Waals surface area contributed by atoms with E-state index in [4.69, 9.17) is 10.5 Å². The molecule has 8 heteroatoms. The van der Waals surface area contributed by atoms with E-state index < -0.39 is 11.8 Å². The standard InChI is InChI=1S/C32H30FN3O4/c1-3-13-40-32(39)27-10-9-26(14-20(27)2)36-31(38)24-6-4-5-21(15-24)28-16-23(7-8-25(28)18-34)30(37)17-22-11-12-35-19-29(22)33/h4-12,14-16,19H,3,13,17-18,34H2,1-2H3,(H,36,38). The zero-order valence-corrected chi connectivity index (χ0v) is 22.4. The molecule has 3 aromatic carbocycles. The number of carbonyl (C=O) groups is 3. The van der Waals surface area contributed by atoms with Crippen LogP contribution in [0.2, 0.25) is 0 Å². The van der Waals surface area contributed by atoms with E-state index in [1.54, 1.807) is 61.5 Å². The van der Waals surface area contributed by atoms with E-state index in [9.17, 15) is 18.8 Å². The molecule has 0 aliphatic heterocycles. The van der Waals surface area contributed by atoms with Crippen molar-refractivity contribution in [2.75, 3.05) is 11.9 Å². The quantitative estimate of drug-likeness (QED) is 0.192. The Labute approximate surface area is 232 Å². The number of Topliss-reactive ketones (excluding diaryl/α,β-unsaturated/α-hetero) is 1. The molecule has 0 saturated heterocycles. The molecule has 4 rings (SSSR count). The Hall–Kier alpha value is -4.69. The topological polar surface area (TPSA) is 111 Å². The molecule has 4 aromatic rings. The molecular formula is C32H30FN3O4. The third-order valence-electron chi connectivity index (χ3n) is 6.44. The average molecular weight is 540 g/mol. The van der Waals surface area contributed by atoms with Gasteiger partial charge in [0, 0.05) is 36.0 Å². The van der Waals surface area contributed by atoms with Gasteiger partial charge in [-0.3, -0.25) is 14.6 Å². The first-order valence-corrected chi connectivity index (χ1v) is 12.9. The van der Waals surface area contributed by atoms with Crippen molar-refractivity contribution in [3.8, 4) is 11.1 Å². The van der Waals surface area contributed by atoms with Crippen molar-refractivity contribution >= 4 is 23.3 Å². The summed E-state index contributed by atoms with van der Waals surface area (Å²) < 4.78 is 19.2. The van der Waals surface area contributed by atoms with Crippen LogP contribution in [0.1, 0.15) is 61.1 Å². The van der Waals surface area contributed by atoms with Crippen molar-refractivity contribution < 1.29 is 23.5 Å². The number of nitrogens with two attached hydrogens (primary N) is 1. The minimum Gasteiger partial charge on any atom is -0.462 e. The second kappa shape index (κ2) is 12.9.